The monoisotopic (exact) mass is 381 g/mol. The Morgan fingerprint density at radius 3 is 2.52 bits per heavy atom. The lowest BCUT2D eigenvalue weighted by Gasteiger charge is -2.13. The Bertz CT molecular complexity index is 735. The number of halogens is 2. The molecule has 2 aromatic carbocycles. The maximum absolute atomic E-state index is 12.4. The molecule has 0 aliphatic heterocycles. The van der Waals surface area contributed by atoms with Gasteiger partial charge >= 0.3 is 0 Å². The maximum Gasteiger partial charge on any atom is 0.251 e. The van der Waals surface area contributed by atoms with E-state index < -0.39 is 0 Å². The van der Waals surface area contributed by atoms with Crippen LogP contribution < -0.4 is 10.1 Å². The molecule has 4 nitrogen and oxygen atoms in total. The number of nitrogens with one attached hydrogen (secondary N) is 1. The van der Waals surface area contributed by atoms with Crippen molar-refractivity contribution in [2.45, 2.75) is 27.0 Å². The average Bonchev–Trinajstić information content (AvgIpc) is 2.60. The van der Waals surface area contributed by atoms with Gasteiger partial charge in [0.2, 0.25) is 0 Å². The molecule has 0 aromatic heterocycles. The topological polar surface area (TPSA) is 47.6 Å². The molecule has 2 rings (SSSR count). The molecule has 25 heavy (non-hydrogen) atoms. The van der Waals surface area contributed by atoms with E-state index in [4.69, 9.17) is 32.7 Å². The lowest BCUT2D eigenvalue weighted by atomic mass is 10.1. The molecule has 0 saturated carbocycles. The second kappa shape index (κ2) is 9.66. The SMILES string of the molecule is CCOCc1cc(C(=O)NCc2ccc(Cl)cc2Cl)ccc1OCC. The number of ether oxygens (including phenoxy) is 2. The summed E-state index contributed by atoms with van der Waals surface area (Å²) in [6, 6.07) is 10.5. The second-order valence-electron chi connectivity index (χ2n) is 5.31. The summed E-state index contributed by atoms with van der Waals surface area (Å²) in [5.41, 5.74) is 2.20. The first-order valence-corrected chi connectivity index (χ1v) is 8.86. The zero-order chi connectivity index (χ0) is 18.2. The van der Waals surface area contributed by atoms with Gasteiger partial charge in [-0.15, -0.1) is 0 Å². The van der Waals surface area contributed by atoms with Gasteiger partial charge in [0.05, 0.1) is 13.2 Å². The van der Waals surface area contributed by atoms with Gasteiger partial charge in [0.15, 0.2) is 0 Å². The number of benzene rings is 2. The Morgan fingerprint density at radius 2 is 1.84 bits per heavy atom. The predicted molar refractivity (Wildman–Crippen MR) is 101 cm³/mol. The number of carbonyl (C=O) groups is 1. The van der Waals surface area contributed by atoms with Crippen LogP contribution in [0.1, 0.15) is 35.3 Å². The second-order valence-corrected chi connectivity index (χ2v) is 6.15. The zero-order valence-corrected chi connectivity index (χ0v) is 15.8. The van der Waals surface area contributed by atoms with Crippen molar-refractivity contribution in [2.75, 3.05) is 13.2 Å². The van der Waals surface area contributed by atoms with E-state index in [9.17, 15) is 4.79 Å². The van der Waals surface area contributed by atoms with E-state index >= 15 is 0 Å². The van der Waals surface area contributed by atoms with Gasteiger partial charge in [-0.3, -0.25) is 4.79 Å². The normalized spacial score (nSPS) is 10.6. The van der Waals surface area contributed by atoms with Crippen LogP contribution >= 0.6 is 23.2 Å². The Balaban J connectivity index is 2.09. The molecule has 0 atom stereocenters. The van der Waals surface area contributed by atoms with E-state index in [1.165, 1.54) is 0 Å². The minimum atomic E-state index is -0.188. The fourth-order valence-electron chi connectivity index (χ4n) is 2.28. The van der Waals surface area contributed by atoms with Gasteiger partial charge in [-0.1, -0.05) is 29.3 Å². The number of rotatable bonds is 8. The Morgan fingerprint density at radius 1 is 1.04 bits per heavy atom. The van der Waals surface area contributed by atoms with Crippen molar-refractivity contribution in [3.8, 4) is 5.75 Å². The maximum atomic E-state index is 12.4. The molecule has 0 fully saturated rings. The minimum absolute atomic E-state index is 0.188. The highest BCUT2D eigenvalue weighted by Crippen LogP contribution is 2.23. The molecular formula is C19H21Cl2NO3. The van der Waals surface area contributed by atoms with Crippen molar-refractivity contribution in [3.05, 3.63) is 63.1 Å². The minimum Gasteiger partial charge on any atom is -0.494 e. The fourth-order valence-corrected chi connectivity index (χ4v) is 2.76. The Labute approximate surface area is 158 Å². The molecule has 6 heteroatoms. The molecule has 134 valence electrons. The van der Waals surface area contributed by atoms with E-state index in [0.717, 1.165) is 16.9 Å². The summed E-state index contributed by atoms with van der Waals surface area (Å²) in [7, 11) is 0. The van der Waals surface area contributed by atoms with E-state index in [1.807, 2.05) is 13.8 Å². The highest BCUT2D eigenvalue weighted by molar-refractivity contribution is 6.35. The van der Waals surface area contributed by atoms with Crippen LogP contribution in [0.2, 0.25) is 10.0 Å². The quantitative estimate of drug-likeness (QED) is 0.710. The lowest BCUT2D eigenvalue weighted by molar-refractivity contribution is 0.0950. The van der Waals surface area contributed by atoms with Crippen LogP contribution in [0.15, 0.2) is 36.4 Å². The van der Waals surface area contributed by atoms with Gasteiger partial charge in [0.1, 0.15) is 5.75 Å². The summed E-state index contributed by atoms with van der Waals surface area (Å²) in [4.78, 5) is 12.4. The average molecular weight is 382 g/mol. The van der Waals surface area contributed by atoms with E-state index in [-0.39, 0.29) is 5.91 Å². The molecule has 1 amide bonds. The number of amides is 1. The standard InChI is InChI=1S/C19H21Cl2NO3/c1-3-24-12-15-9-13(6-8-18(15)25-4-2)19(23)22-11-14-5-7-16(20)10-17(14)21/h5-10H,3-4,11-12H2,1-2H3,(H,22,23). The summed E-state index contributed by atoms with van der Waals surface area (Å²) in [6.07, 6.45) is 0. The van der Waals surface area contributed by atoms with Crippen LogP contribution in [0.4, 0.5) is 0 Å². The van der Waals surface area contributed by atoms with Gasteiger partial charge in [0.25, 0.3) is 5.91 Å². The molecule has 0 aliphatic rings. The van der Waals surface area contributed by atoms with Crippen LogP contribution in [0.3, 0.4) is 0 Å². The van der Waals surface area contributed by atoms with Gasteiger partial charge in [0, 0.05) is 34.3 Å². The Kier molecular flexibility index (Phi) is 7.56. The molecule has 0 unspecified atom stereocenters. The number of hydrogen-bond acceptors (Lipinski definition) is 3. The van der Waals surface area contributed by atoms with Crippen LogP contribution in [-0.2, 0) is 17.9 Å². The third kappa shape index (κ3) is 5.63. The van der Waals surface area contributed by atoms with E-state index in [0.29, 0.717) is 42.0 Å². The third-order valence-corrected chi connectivity index (χ3v) is 4.13. The first-order chi connectivity index (χ1) is 12.0. The summed E-state index contributed by atoms with van der Waals surface area (Å²) in [5.74, 6) is 0.542. The van der Waals surface area contributed by atoms with Crippen molar-refractivity contribution in [3.63, 3.8) is 0 Å². The van der Waals surface area contributed by atoms with Crippen molar-refractivity contribution in [1.82, 2.24) is 5.32 Å². The molecular weight excluding hydrogens is 361 g/mol. The van der Waals surface area contributed by atoms with Gasteiger partial charge in [-0.05, 0) is 49.7 Å². The van der Waals surface area contributed by atoms with Crippen LogP contribution in [0, 0.1) is 0 Å². The predicted octanol–water partition coefficient (Wildman–Crippen LogP) is 4.86. The number of hydrogen-bond donors (Lipinski definition) is 1. The van der Waals surface area contributed by atoms with Crippen LogP contribution in [0.5, 0.6) is 5.75 Å². The molecule has 0 saturated heterocycles. The number of carbonyl (C=O) groups excluding carboxylic acids is 1. The molecule has 1 N–H and O–H groups in total. The smallest absolute Gasteiger partial charge is 0.251 e. The van der Waals surface area contributed by atoms with Crippen molar-refractivity contribution < 1.29 is 14.3 Å². The molecule has 0 heterocycles. The first-order valence-electron chi connectivity index (χ1n) is 8.10. The molecule has 0 radical (unpaired) electrons. The van der Waals surface area contributed by atoms with Gasteiger partial charge in [-0.25, -0.2) is 0 Å². The molecule has 2 aromatic rings. The zero-order valence-electron chi connectivity index (χ0n) is 14.3. The highest BCUT2D eigenvalue weighted by atomic mass is 35.5. The fraction of sp³-hybridized carbons (Fsp3) is 0.316. The Hall–Kier alpha value is -1.75. The van der Waals surface area contributed by atoms with Crippen molar-refractivity contribution >= 4 is 29.1 Å². The molecule has 0 bridgehead atoms. The van der Waals surface area contributed by atoms with Crippen LogP contribution in [0.25, 0.3) is 0 Å². The van der Waals surface area contributed by atoms with Gasteiger partial charge < -0.3 is 14.8 Å². The van der Waals surface area contributed by atoms with E-state index in [1.54, 1.807) is 36.4 Å². The summed E-state index contributed by atoms with van der Waals surface area (Å²) in [6.45, 7) is 5.71. The summed E-state index contributed by atoms with van der Waals surface area (Å²) < 4.78 is 11.0. The van der Waals surface area contributed by atoms with Crippen LogP contribution in [-0.4, -0.2) is 19.1 Å². The lowest BCUT2D eigenvalue weighted by Crippen LogP contribution is -2.23. The third-order valence-electron chi connectivity index (χ3n) is 3.54. The first kappa shape index (κ1) is 19.6. The van der Waals surface area contributed by atoms with E-state index in [2.05, 4.69) is 5.32 Å². The molecule has 0 spiro atoms. The van der Waals surface area contributed by atoms with Gasteiger partial charge in [-0.2, -0.15) is 0 Å². The highest BCUT2D eigenvalue weighted by Gasteiger charge is 2.11. The summed E-state index contributed by atoms with van der Waals surface area (Å²) in [5, 5.41) is 3.95. The van der Waals surface area contributed by atoms with Crippen molar-refractivity contribution in [1.29, 1.82) is 0 Å². The largest absolute Gasteiger partial charge is 0.494 e. The van der Waals surface area contributed by atoms with Crippen molar-refractivity contribution in [2.24, 2.45) is 0 Å². The molecule has 0 aliphatic carbocycles. The summed E-state index contributed by atoms with van der Waals surface area (Å²) >= 11 is 12.0.